The van der Waals surface area contributed by atoms with Gasteiger partial charge in [-0.15, -0.1) is 0 Å². The molecule has 0 aliphatic heterocycles. The highest BCUT2D eigenvalue weighted by Gasteiger charge is 2.18. The fourth-order valence-corrected chi connectivity index (χ4v) is 3.14. The first-order chi connectivity index (χ1) is 12.8. The van der Waals surface area contributed by atoms with Crippen molar-refractivity contribution in [3.8, 4) is 5.75 Å². The normalized spacial score (nSPS) is 11.2. The molecule has 27 heavy (non-hydrogen) atoms. The summed E-state index contributed by atoms with van der Waals surface area (Å²) >= 11 is 0. The Bertz CT molecular complexity index is 702. The Morgan fingerprint density at radius 3 is 2.37 bits per heavy atom. The number of nitrogens with one attached hydrogen (secondary N) is 1. The van der Waals surface area contributed by atoms with Crippen LogP contribution in [0.25, 0.3) is 0 Å². The van der Waals surface area contributed by atoms with Gasteiger partial charge in [-0.3, -0.25) is 14.1 Å². The predicted molar refractivity (Wildman–Crippen MR) is 102 cm³/mol. The Balaban J connectivity index is 2.19. The second-order valence-corrected chi connectivity index (χ2v) is 7.76. The molecule has 0 unspecified atom stereocenters. The minimum absolute atomic E-state index is 0.0623. The summed E-state index contributed by atoms with van der Waals surface area (Å²) in [4.78, 5) is 23.0. The lowest BCUT2D eigenvalue weighted by Gasteiger charge is -2.08. The van der Waals surface area contributed by atoms with Gasteiger partial charge in [0, 0.05) is 19.4 Å². The summed E-state index contributed by atoms with van der Waals surface area (Å²) in [5.74, 6) is -0.682. The van der Waals surface area contributed by atoms with Gasteiger partial charge in [-0.2, -0.15) is 8.42 Å². The van der Waals surface area contributed by atoms with Crippen LogP contribution in [-0.4, -0.2) is 31.4 Å². The lowest BCUT2D eigenvalue weighted by atomic mass is 10.1. The first kappa shape index (κ1) is 23.1. The number of esters is 1. The molecule has 1 aromatic carbocycles. The largest absolute Gasteiger partial charge is 0.425 e. The second kappa shape index (κ2) is 12.5. The van der Waals surface area contributed by atoms with E-state index in [9.17, 15) is 18.0 Å². The quantitative estimate of drug-likeness (QED) is 0.227. The van der Waals surface area contributed by atoms with Gasteiger partial charge in [0.05, 0.1) is 0 Å². The Hall–Kier alpha value is -1.93. The van der Waals surface area contributed by atoms with Crippen molar-refractivity contribution >= 4 is 22.0 Å². The van der Waals surface area contributed by atoms with Crippen LogP contribution in [0.4, 0.5) is 0 Å². The standard InChI is InChI=1S/C19H29NO6S/c1-2-3-4-6-13-18(21)20-15-10-5-7-14-19(22)26-16-11-8-9-12-17(16)27(23,24)25/h8-9,11-12H,2-7,10,13-15H2,1H3,(H,20,21)(H,23,24,25). The molecule has 0 saturated carbocycles. The Kier molecular flexibility index (Phi) is 10.7. The minimum atomic E-state index is -4.45. The number of benzene rings is 1. The van der Waals surface area contributed by atoms with Gasteiger partial charge in [-0.05, 0) is 31.4 Å². The molecule has 0 spiro atoms. The maximum Gasteiger partial charge on any atom is 0.311 e. The van der Waals surface area contributed by atoms with Crippen molar-refractivity contribution < 1.29 is 27.3 Å². The van der Waals surface area contributed by atoms with Crippen molar-refractivity contribution in [1.29, 1.82) is 0 Å². The summed E-state index contributed by atoms with van der Waals surface area (Å²) in [6, 6.07) is 5.43. The van der Waals surface area contributed by atoms with E-state index >= 15 is 0 Å². The number of ether oxygens (including phenoxy) is 1. The molecule has 0 heterocycles. The number of hydrogen-bond donors (Lipinski definition) is 2. The van der Waals surface area contributed by atoms with Gasteiger partial charge < -0.3 is 10.1 Å². The van der Waals surface area contributed by atoms with Crippen LogP contribution < -0.4 is 10.1 Å². The zero-order valence-electron chi connectivity index (χ0n) is 15.8. The predicted octanol–water partition coefficient (Wildman–Crippen LogP) is 3.49. The number of carbonyl (C=O) groups is 2. The van der Waals surface area contributed by atoms with Crippen molar-refractivity contribution in [2.24, 2.45) is 0 Å². The topological polar surface area (TPSA) is 110 Å². The van der Waals surface area contributed by atoms with E-state index in [2.05, 4.69) is 12.2 Å². The third-order valence-electron chi connectivity index (χ3n) is 3.99. The summed E-state index contributed by atoms with van der Waals surface area (Å²) in [7, 11) is -4.45. The first-order valence-corrected chi connectivity index (χ1v) is 10.8. The minimum Gasteiger partial charge on any atom is -0.425 e. The Morgan fingerprint density at radius 2 is 1.67 bits per heavy atom. The molecular weight excluding hydrogens is 370 g/mol. The van der Waals surface area contributed by atoms with Gasteiger partial charge in [0.1, 0.15) is 4.90 Å². The molecule has 0 atom stereocenters. The van der Waals surface area contributed by atoms with E-state index in [1.165, 1.54) is 24.3 Å². The number of hydrogen-bond acceptors (Lipinski definition) is 5. The number of amides is 1. The zero-order valence-corrected chi connectivity index (χ0v) is 16.6. The SMILES string of the molecule is CCCCCCC(=O)NCCCCCC(=O)Oc1ccccc1S(=O)(=O)O. The smallest absolute Gasteiger partial charge is 0.311 e. The molecule has 152 valence electrons. The number of rotatable bonds is 13. The molecular formula is C19H29NO6S. The van der Waals surface area contributed by atoms with Gasteiger partial charge in [0.2, 0.25) is 5.91 Å². The van der Waals surface area contributed by atoms with Crippen LogP contribution in [0.3, 0.4) is 0 Å². The molecule has 0 bridgehead atoms. The summed E-state index contributed by atoms with van der Waals surface area (Å²) in [6.45, 7) is 2.70. The highest BCUT2D eigenvalue weighted by molar-refractivity contribution is 7.86. The Morgan fingerprint density at radius 1 is 1.00 bits per heavy atom. The van der Waals surface area contributed by atoms with Gasteiger partial charge in [0.25, 0.3) is 10.1 Å². The molecule has 1 rings (SSSR count). The lowest BCUT2D eigenvalue weighted by molar-refractivity contribution is -0.134. The van der Waals surface area contributed by atoms with Crippen molar-refractivity contribution in [2.75, 3.05) is 6.54 Å². The second-order valence-electron chi connectivity index (χ2n) is 6.37. The molecule has 1 aromatic rings. The van der Waals surface area contributed by atoms with E-state index in [0.29, 0.717) is 19.4 Å². The lowest BCUT2D eigenvalue weighted by Crippen LogP contribution is -2.24. The van der Waals surface area contributed by atoms with E-state index < -0.39 is 21.0 Å². The Labute approximate surface area is 161 Å². The number of unbranched alkanes of at least 4 members (excludes halogenated alkanes) is 5. The highest BCUT2D eigenvalue weighted by atomic mass is 32.2. The van der Waals surface area contributed by atoms with Crippen molar-refractivity contribution in [3.05, 3.63) is 24.3 Å². The molecule has 1 amide bonds. The third kappa shape index (κ3) is 10.1. The average Bonchev–Trinajstić information content (AvgIpc) is 2.61. The van der Waals surface area contributed by atoms with Crippen molar-refractivity contribution in [1.82, 2.24) is 5.32 Å². The van der Waals surface area contributed by atoms with Crippen LogP contribution in [0.2, 0.25) is 0 Å². The van der Waals surface area contributed by atoms with Gasteiger partial charge >= 0.3 is 5.97 Å². The average molecular weight is 400 g/mol. The molecule has 0 aliphatic carbocycles. The third-order valence-corrected chi connectivity index (χ3v) is 4.88. The fourth-order valence-electron chi connectivity index (χ4n) is 2.52. The fraction of sp³-hybridized carbons (Fsp3) is 0.579. The van der Waals surface area contributed by atoms with Crippen LogP contribution >= 0.6 is 0 Å². The zero-order chi connectivity index (χ0) is 20.1. The van der Waals surface area contributed by atoms with Crippen molar-refractivity contribution in [3.63, 3.8) is 0 Å². The molecule has 0 radical (unpaired) electrons. The van der Waals surface area contributed by atoms with E-state index in [-0.39, 0.29) is 18.1 Å². The van der Waals surface area contributed by atoms with Crippen LogP contribution in [0.5, 0.6) is 5.75 Å². The van der Waals surface area contributed by atoms with Crippen molar-refractivity contribution in [2.45, 2.75) is 69.6 Å². The molecule has 0 aliphatic rings. The van der Waals surface area contributed by atoms with E-state index in [0.717, 1.165) is 38.5 Å². The van der Waals surface area contributed by atoms with Gasteiger partial charge in [-0.1, -0.05) is 44.7 Å². The molecule has 8 heteroatoms. The maximum atomic E-state index is 11.8. The first-order valence-electron chi connectivity index (χ1n) is 9.38. The van der Waals surface area contributed by atoms with E-state index in [1.54, 1.807) is 0 Å². The monoisotopic (exact) mass is 399 g/mol. The molecule has 0 aromatic heterocycles. The summed E-state index contributed by atoms with van der Waals surface area (Å²) in [6.07, 6.45) is 7.04. The molecule has 7 nitrogen and oxygen atoms in total. The number of para-hydroxylation sites is 1. The summed E-state index contributed by atoms with van der Waals surface area (Å²) in [5.41, 5.74) is 0. The summed E-state index contributed by atoms with van der Waals surface area (Å²) < 4.78 is 36.7. The van der Waals surface area contributed by atoms with Crippen LogP contribution in [0, 0.1) is 0 Å². The van der Waals surface area contributed by atoms with Gasteiger partial charge in [0.15, 0.2) is 5.75 Å². The molecule has 0 saturated heterocycles. The number of carbonyl (C=O) groups excluding carboxylic acids is 2. The summed E-state index contributed by atoms with van der Waals surface area (Å²) in [5, 5.41) is 2.86. The van der Waals surface area contributed by atoms with Crippen LogP contribution in [-0.2, 0) is 19.7 Å². The van der Waals surface area contributed by atoms with Crippen LogP contribution in [0.15, 0.2) is 29.2 Å². The van der Waals surface area contributed by atoms with E-state index in [1.807, 2.05) is 0 Å². The molecule has 0 fully saturated rings. The molecule has 2 N–H and O–H groups in total. The van der Waals surface area contributed by atoms with Gasteiger partial charge in [-0.25, -0.2) is 0 Å². The van der Waals surface area contributed by atoms with Crippen LogP contribution in [0.1, 0.15) is 64.7 Å². The maximum absolute atomic E-state index is 11.8. The van der Waals surface area contributed by atoms with E-state index in [4.69, 9.17) is 9.29 Å². The highest BCUT2D eigenvalue weighted by Crippen LogP contribution is 2.23.